The van der Waals surface area contributed by atoms with E-state index in [2.05, 4.69) is 15.3 Å². The van der Waals surface area contributed by atoms with Gasteiger partial charge in [0.05, 0.1) is 22.3 Å². The zero-order chi connectivity index (χ0) is 15.8. The molecule has 0 saturated heterocycles. The van der Waals surface area contributed by atoms with Crippen LogP contribution in [0, 0.1) is 6.92 Å². The topological polar surface area (TPSA) is 57.8 Å². The van der Waals surface area contributed by atoms with Crippen molar-refractivity contribution in [3.8, 4) is 0 Å². The van der Waals surface area contributed by atoms with Crippen LogP contribution in [0.4, 0.5) is 0 Å². The number of hydrogen-bond acceptors (Lipinski definition) is 3. The molecule has 4 nitrogen and oxygen atoms in total. The molecule has 114 valence electrons. The van der Waals surface area contributed by atoms with Crippen LogP contribution < -0.4 is 5.32 Å². The predicted molar refractivity (Wildman–Crippen MR) is 93.8 cm³/mol. The lowest BCUT2D eigenvalue weighted by Gasteiger charge is -2.03. The van der Waals surface area contributed by atoms with Gasteiger partial charge in [-0.2, -0.15) is 0 Å². The number of hydrogen-bond donors (Lipinski definition) is 2. The summed E-state index contributed by atoms with van der Waals surface area (Å²) in [6.45, 7) is 2.36. The lowest BCUT2D eigenvalue weighted by Crippen LogP contribution is -2.23. The number of carbonyl (C=O) groups is 1. The normalized spacial score (nSPS) is 11.2. The van der Waals surface area contributed by atoms with E-state index in [1.54, 1.807) is 11.3 Å². The molecule has 0 unspecified atom stereocenters. The third-order valence-corrected chi connectivity index (χ3v) is 4.90. The fourth-order valence-corrected chi connectivity index (χ4v) is 3.72. The first-order chi connectivity index (χ1) is 11.2. The molecular formula is C18H15N3OS. The molecule has 2 heterocycles. The lowest BCUT2D eigenvalue weighted by atomic mass is 10.1. The Bertz CT molecular complexity index is 982. The summed E-state index contributed by atoms with van der Waals surface area (Å²) in [7, 11) is 0. The number of aryl methyl sites for hydroxylation is 1. The van der Waals surface area contributed by atoms with Gasteiger partial charge in [-0.3, -0.25) is 4.79 Å². The standard InChI is InChI=1S/C18H15N3OS/c1-11-17(12-6-2-3-7-13(12)20-11)18(22)19-10-16-21-14-8-4-5-9-15(14)23-16/h2-9,20H,10H2,1H3,(H,19,22). The highest BCUT2D eigenvalue weighted by Crippen LogP contribution is 2.23. The van der Waals surface area contributed by atoms with Gasteiger partial charge in [0.15, 0.2) is 0 Å². The Hall–Kier alpha value is -2.66. The first kappa shape index (κ1) is 14.0. The van der Waals surface area contributed by atoms with Gasteiger partial charge in [0.2, 0.25) is 0 Å². The summed E-state index contributed by atoms with van der Waals surface area (Å²) in [6.07, 6.45) is 0. The van der Waals surface area contributed by atoms with Crippen LogP contribution in [-0.2, 0) is 6.54 Å². The maximum atomic E-state index is 12.6. The summed E-state index contributed by atoms with van der Waals surface area (Å²) in [5.74, 6) is -0.0702. The molecule has 0 aliphatic heterocycles. The Kier molecular flexibility index (Phi) is 3.35. The number of benzene rings is 2. The first-order valence-corrected chi connectivity index (χ1v) is 8.24. The molecule has 0 fully saturated rings. The molecule has 5 heteroatoms. The molecule has 0 aliphatic carbocycles. The summed E-state index contributed by atoms with van der Waals surface area (Å²) in [4.78, 5) is 20.4. The summed E-state index contributed by atoms with van der Waals surface area (Å²) < 4.78 is 1.14. The van der Waals surface area contributed by atoms with Gasteiger partial charge in [0, 0.05) is 16.6 Å². The molecule has 23 heavy (non-hydrogen) atoms. The van der Waals surface area contributed by atoms with Crippen molar-refractivity contribution < 1.29 is 4.79 Å². The number of nitrogens with one attached hydrogen (secondary N) is 2. The van der Waals surface area contributed by atoms with E-state index in [-0.39, 0.29) is 5.91 Å². The van der Waals surface area contributed by atoms with Gasteiger partial charge >= 0.3 is 0 Å². The lowest BCUT2D eigenvalue weighted by molar-refractivity contribution is 0.0952. The van der Waals surface area contributed by atoms with Gasteiger partial charge in [-0.25, -0.2) is 4.98 Å². The third kappa shape index (κ3) is 2.49. The molecule has 0 spiro atoms. The highest BCUT2D eigenvalue weighted by molar-refractivity contribution is 7.18. The zero-order valence-corrected chi connectivity index (χ0v) is 13.4. The number of aromatic nitrogens is 2. The minimum absolute atomic E-state index is 0.0702. The SMILES string of the molecule is Cc1[nH]c2ccccc2c1C(=O)NCc1nc2ccccc2s1. The predicted octanol–water partition coefficient (Wildman–Crippen LogP) is 4.02. The van der Waals surface area contributed by atoms with Crippen molar-refractivity contribution in [3.05, 3.63) is 64.8 Å². The van der Waals surface area contributed by atoms with Crippen LogP contribution >= 0.6 is 11.3 Å². The summed E-state index contributed by atoms with van der Waals surface area (Å²) in [6, 6.07) is 15.8. The molecule has 0 saturated carbocycles. The van der Waals surface area contributed by atoms with E-state index in [9.17, 15) is 4.79 Å². The second-order valence-electron chi connectivity index (χ2n) is 5.43. The molecule has 0 bridgehead atoms. The van der Waals surface area contributed by atoms with Gasteiger partial charge in [0.1, 0.15) is 5.01 Å². The number of rotatable bonds is 3. The fraction of sp³-hybridized carbons (Fsp3) is 0.111. The number of aromatic amines is 1. The third-order valence-electron chi connectivity index (χ3n) is 3.86. The maximum absolute atomic E-state index is 12.6. The number of H-pyrrole nitrogens is 1. The Labute approximate surface area is 137 Å². The molecule has 2 aromatic heterocycles. The van der Waals surface area contributed by atoms with Gasteiger partial charge < -0.3 is 10.3 Å². The van der Waals surface area contributed by atoms with Crippen LogP contribution in [0.3, 0.4) is 0 Å². The minimum atomic E-state index is -0.0702. The van der Waals surface area contributed by atoms with Crippen LogP contribution in [-0.4, -0.2) is 15.9 Å². The molecular weight excluding hydrogens is 306 g/mol. The number of fused-ring (bicyclic) bond motifs is 2. The fourth-order valence-electron chi connectivity index (χ4n) is 2.81. The number of amides is 1. The van der Waals surface area contributed by atoms with Gasteiger partial charge in [-0.15, -0.1) is 11.3 Å². The van der Waals surface area contributed by atoms with Gasteiger partial charge in [-0.1, -0.05) is 30.3 Å². The molecule has 0 atom stereocenters. The first-order valence-electron chi connectivity index (χ1n) is 7.42. The maximum Gasteiger partial charge on any atom is 0.254 e. The quantitative estimate of drug-likeness (QED) is 0.599. The Morgan fingerprint density at radius 1 is 1.17 bits per heavy atom. The Balaban J connectivity index is 1.58. The number of nitrogens with zero attached hydrogens (tertiary/aromatic N) is 1. The van der Waals surface area contributed by atoms with Crippen LogP contribution in [0.5, 0.6) is 0 Å². The molecule has 4 aromatic rings. The second kappa shape index (κ2) is 5.52. The Morgan fingerprint density at radius 2 is 1.96 bits per heavy atom. The molecule has 2 aromatic carbocycles. The monoisotopic (exact) mass is 321 g/mol. The molecule has 2 N–H and O–H groups in total. The highest BCUT2D eigenvalue weighted by Gasteiger charge is 2.16. The van der Waals surface area contributed by atoms with E-state index in [4.69, 9.17) is 0 Å². The number of thiazole rings is 1. The number of para-hydroxylation sites is 2. The van der Waals surface area contributed by atoms with Crippen molar-refractivity contribution in [2.24, 2.45) is 0 Å². The average Bonchev–Trinajstić information content (AvgIpc) is 3.12. The van der Waals surface area contributed by atoms with E-state index in [0.717, 1.165) is 31.8 Å². The molecule has 4 rings (SSSR count). The number of carbonyl (C=O) groups excluding carboxylic acids is 1. The van der Waals surface area contributed by atoms with Gasteiger partial charge in [-0.05, 0) is 25.1 Å². The Morgan fingerprint density at radius 3 is 2.83 bits per heavy atom. The van der Waals surface area contributed by atoms with Crippen molar-refractivity contribution in [1.82, 2.24) is 15.3 Å². The van der Waals surface area contributed by atoms with Crippen LogP contribution in [0.2, 0.25) is 0 Å². The van der Waals surface area contributed by atoms with Crippen molar-refractivity contribution in [2.75, 3.05) is 0 Å². The van der Waals surface area contributed by atoms with Crippen LogP contribution in [0.25, 0.3) is 21.1 Å². The van der Waals surface area contributed by atoms with Crippen LogP contribution in [0.15, 0.2) is 48.5 Å². The second-order valence-corrected chi connectivity index (χ2v) is 6.54. The van der Waals surface area contributed by atoms with Gasteiger partial charge in [0.25, 0.3) is 5.91 Å². The summed E-state index contributed by atoms with van der Waals surface area (Å²) in [5, 5.41) is 4.85. The summed E-state index contributed by atoms with van der Waals surface area (Å²) >= 11 is 1.61. The van der Waals surface area contributed by atoms with Crippen LogP contribution in [0.1, 0.15) is 21.1 Å². The summed E-state index contributed by atoms with van der Waals surface area (Å²) in [5.41, 5.74) is 3.55. The van der Waals surface area contributed by atoms with Crippen molar-refractivity contribution >= 4 is 38.4 Å². The molecule has 0 radical (unpaired) electrons. The van der Waals surface area contributed by atoms with E-state index >= 15 is 0 Å². The highest BCUT2D eigenvalue weighted by atomic mass is 32.1. The average molecular weight is 321 g/mol. The smallest absolute Gasteiger partial charge is 0.254 e. The van der Waals surface area contributed by atoms with E-state index in [0.29, 0.717) is 12.1 Å². The minimum Gasteiger partial charge on any atom is -0.358 e. The van der Waals surface area contributed by atoms with Crippen molar-refractivity contribution in [1.29, 1.82) is 0 Å². The van der Waals surface area contributed by atoms with E-state index < -0.39 is 0 Å². The zero-order valence-electron chi connectivity index (χ0n) is 12.6. The van der Waals surface area contributed by atoms with Crippen molar-refractivity contribution in [3.63, 3.8) is 0 Å². The largest absolute Gasteiger partial charge is 0.358 e. The van der Waals surface area contributed by atoms with E-state index in [1.165, 1.54) is 0 Å². The van der Waals surface area contributed by atoms with Crippen molar-refractivity contribution in [2.45, 2.75) is 13.5 Å². The molecule has 1 amide bonds. The molecule has 0 aliphatic rings. The van der Waals surface area contributed by atoms with E-state index in [1.807, 2.05) is 55.5 Å².